The van der Waals surface area contributed by atoms with Crippen molar-refractivity contribution < 1.29 is 19.0 Å². The molecule has 1 aliphatic carbocycles. The van der Waals surface area contributed by atoms with E-state index in [1.54, 1.807) is 11.0 Å². The fraction of sp³-hybridized carbons (Fsp3) is 0.350. The van der Waals surface area contributed by atoms with E-state index < -0.39 is 11.7 Å². The summed E-state index contributed by atoms with van der Waals surface area (Å²) in [6.07, 6.45) is 1.96. The molecular weight excluding hydrogens is 321 g/mol. The number of carbonyl (C=O) groups excluding carboxylic acids is 1. The van der Waals surface area contributed by atoms with E-state index in [2.05, 4.69) is 0 Å². The lowest BCUT2D eigenvalue weighted by Crippen LogP contribution is -2.43. The highest BCUT2D eigenvalue weighted by atomic mass is 19.1. The van der Waals surface area contributed by atoms with E-state index in [9.17, 15) is 14.3 Å². The Kier molecular flexibility index (Phi) is 5.34. The summed E-state index contributed by atoms with van der Waals surface area (Å²) in [7, 11) is 1.45. The molecule has 4 nitrogen and oxygen atoms in total. The summed E-state index contributed by atoms with van der Waals surface area (Å²) in [4.78, 5) is 14.6. The summed E-state index contributed by atoms with van der Waals surface area (Å²) in [6, 6.07) is 13.5. The summed E-state index contributed by atoms with van der Waals surface area (Å²) in [5, 5.41) is 9.82. The molecule has 1 unspecified atom stereocenters. The van der Waals surface area contributed by atoms with Crippen LogP contribution in [0.5, 0.6) is 5.75 Å². The summed E-state index contributed by atoms with van der Waals surface area (Å²) >= 11 is 0. The minimum atomic E-state index is -0.616. The van der Waals surface area contributed by atoms with E-state index in [0.717, 1.165) is 18.4 Å². The van der Waals surface area contributed by atoms with Crippen LogP contribution in [0.15, 0.2) is 48.5 Å². The van der Waals surface area contributed by atoms with Crippen LogP contribution in [0.1, 0.15) is 28.8 Å². The van der Waals surface area contributed by atoms with Gasteiger partial charge in [0.2, 0.25) is 0 Å². The summed E-state index contributed by atoms with van der Waals surface area (Å²) in [5.41, 5.74) is 0.944. The van der Waals surface area contributed by atoms with Crippen molar-refractivity contribution in [3.8, 4) is 5.75 Å². The van der Waals surface area contributed by atoms with Crippen LogP contribution < -0.4 is 4.74 Å². The molecule has 0 bridgehead atoms. The smallest absolute Gasteiger partial charge is 0.257 e. The molecule has 1 amide bonds. The number of carbonyl (C=O) groups is 1. The Labute approximate surface area is 146 Å². The minimum absolute atomic E-state index is 0.00386. The third-order valence-corrected chi connectivity index (χ3v) is 4.62. The van der Waals surface area contributed by atoms with Gasteiger partial charge < -0.3 is 14.7 Å². The monoisotopic (exact) mass is 343 g/mol. The number of halogens is 1. The van der Waals surface area contributed by atoms with E-state index in [0.29, 0.717) is 12.3 Å². The molecule has 0 aromatic heterocycles. The molecular formula is C20H22FNO3. The van der Waals surface area contributed by atoms with Gasteiger partial charge in [0.25, 0.3) is 5.91 Å². The van der Waals surface area contributed by atoms with Gasteiger partial charge in [0, 0.05) is 12.6 Å². The van der Waals surface area contributed by atoms with Gasteiger partial charge in [-0.15, -0.1) is 0 Å². The average Bonchev–Trinajstić information content (AvgIpc) is 3.47. The predicted octanol–water partition coefficient (Wildman–Crippen LogP) is 3.25. The molecule has 5 heteroatoms. The van der Waals surface area contributed by atoms with Crippen molar-refractivity contribution in [1.82, 2.24) is 4.90 Å². The zero-order chi connectivity index (χ0) is 17.8. The Bertz CT molecular complexity index is 731. The van der Waals surface area contributed by atoms with E-state index in [4.69, 9.17) is 4.74 Å². The zero-order valence-corrected chi connectivity index (χ0v) is 14.2. The first-order valence-electron chi connectivity index (χ1n) is 8.43. The standard InChI is InChI=1S/C20H22FNO3/c1-25-16-9-10-17(18(21)11-16)20(24)22(19(13-23)15-7-8-15)12-14-5-3-2-4-6-14/h2-6,9-11,15,19,23H,7-8,12-13H2,1H3. The first-order chi connectivity index (χ1) is 12.1. The average molecular weight is 343 g/mol. The van der Waals surface area contributed by atoms with Gasteiger partial charge in [0.1, 0.15) is 11.6 Å². The normalized spacial score (nSPS) is 14.8. The Balaban J connectivity index is 1.91. The molecule has 0 radical (unpaired) electrons. The molecule has 3 rings (SSSR count). The Morgan fingerprint density at radius 3 is 2.56 bits per heavy atom. The first kappa shape index (κ1) is 17.4. The molecule has 1 N–H and O–H groups in total. The van der Waals surface area contributed by atoms with E-state index in [1.165, 1.54) is 19.2 Å². The van der Waals surface area contributed by atoms with Crippen LogP contribution in [0.25, 0.3) is 0 Å². The van der Waals surface area contributed by atoms with Gasteiger partial charge in [0.15, 0.2) is 0 Å². The minimum Gasteiger partial charge on any atom is -0.497 e. The maximum Gasteiger partial charge on any atom is 0.257 e. The van der Waals surface area contributed by atoms with Crippen molar-refractivity contribution in [2.24, 2.45) is 5.92 Å². The molecule has 0 spiro atoms. The van der Waals surface area contributed by atoms with Gasteiger partial charge in [0.05, 0.1) is 25.3 Å². The second-order valence-corrected chi connectivity index (χ2v) is 6.35. The van der Waals surface area contributed by atoms with Crippen LogP contribution >= 0.6 is 0 Å². The van der Waals surface area contributed by atoms with Crippen LogP contribution in [0.3, 0.4) is 0 Å². The summed E-state index contributed by atoms with van der Waals surface area (Å²) < 4.78 is 19.4. The summed E-state index contributed by atoms with van der Waals surface area (Å²) in [6.45, 7) is 0.216. The number of rotatable bonds is 7. The van der Waals surface area contributed by atoms with Crippen LogP contribution in [0.4, 0.5) is 4.39 Å². The molecule has 2 aromatic rings. The topological polar surface area (TPSA) is 49.8 Å². The first-order valence-corrected chi connectivity index (χ1v) is 8.43. The van der Waals surface area contributed by atoms with Crippen molar-refractivity contribution in [2.45, 2.75) is 25.4 Å². The fourth-order valence-electron chi connectivity index (χ4n) is 3.05. The van der Waals surface area contributed by atoms with Crippen molar-refractivity contribution in [1.29, 1.82) is 0 Å². The molecule has 0 heterocycles. The fourth-order valence-corrected chi connectivity index (χ4v) is 3.05. The molecule has 1 atom stereocenters. The molecule has 0 saturated heterocycles. The molecule has 2 aromatic carbocycles. The lowest BCUT2D eigenvalue weighted by Gasteiger charge is -2.31. The molecule has 0 aliphatic heterocycles. The van der Waals surface area contributed by atoms with Crippen LogP contribution in [0.2, 0.25) is 0 Å². The van der Waals surface area contributed by atoms with Gasteiger partial charge in [-0.2, -0.15) is 0 Å². The number of ether oxygens (including phenoxy) is 1. The number of aliphatic hydroxyl groups excluding tert-OH is 1. The van der Waals surface area contributed by atoms with Crippen LogP contribution in [-0.2, 0) is 6.54 Å². The van der Waals surface area contributed by atoms with E-state index in [-0.39, 0.29) is 24.1 Å². The third-order valence-electron chi connectivity index (χ3n) is 4.62. The van der Waals surface area contributed by atoms with Crippen molar-refractivity contribution in [2.75, 3.05) is 13.7 Å². The highest BCUT2D eigenvalue weighted by Gasteiger charge is 2.37. The molecule has 25 heavy (non-hydrogen) atoms. The SMILES string of the molecule is COc1ccc(C(=O)N(Cc2ccccc2)C(CO)C2CC2)c(F)c1. The Hall–Kier alpha value is -2.40. The zero-order valence-electron chi connectivity index (χ0n) is 14.2. The van der Waals surface area contributed by atoms with Gasteiger partial charge in [-0.05, 0) is 36.5 Å². The van der Waals surface area contributed by atoms with Crippen molar-refractivity contribution >= 4 is 5.91 Å². The summed E-state index contributed by atoms with van der Waals surface area (Å²) in [5.74, 6) is -0.381. The Morgan fingerprint density at radius 2 is 2.00 bits per heavy atom. The quantitative estimate of drug-likeness (QED) is 0.840. The number of amides is 1. The van der Waals surface area contributed by atoms with Crippen molar-refractivity contribution in [3.63, 3.8) is 0 Å². The van der Waals surface area contributed by atoms with Crippen molar-refractivity contribution in [3.05, 3.63) is 65.5 Å². The predicted molar refractivity (Wildman–Crippen MR) is 92.9 cm³/mol. The third kappa shape index (κ3) is 3.99. The Morgan fingerprint density at radius 1 is 1.28 bits per heavy atom. The number of methoxy groups -OCH3 is 1. The second-order valence-electron chi connectivity index (χ2n) is 6.35. The largest absolute Gasteiger partial charge is 0.497 e. The van der Waals surface area contributed by atoms with Gasteiger partial charge >= 0.3 is 0 Å². The molecule has 1 fully saturated rings. The molecule has 1 aliphatic rings. The number of nitrogens with zero attached hydrogens (tertiary/aromatic N) is 1. The lowest BCUT2D eigenvalue weighted by molar-refractivity contribution is 0.0526. The van der Waals surface area contributed by atoms with E-state index in [1.807, 2.05) is 30.3 Å². The molecule has 1 saturated carbocycles. The highest BCUT2D eigenvalue weighted by molar-refractivity contribution is 5.95. The second kappa shape index (κ2) is 7.66. The maximum atomic E-state index is 14.4. The van der Waals surface area contributed by atoms with Crippen LogP contribution in [0, 0.1) is 11.7 Å². The van der Waals surface area contributed by atoms with Gasteiger partial charge in [-0.25, -0.2) is 4.39 Å². The number of benzene rings is 2. The van der Waals surface area contributed by atoms with Crippen LogP contribution in [-0.4, -0.2) is 35.7 Å². The number of hydrogen-bond donors (Lipinski definition) is 1. The van der Waals surface area contributed by atoms with Gasteiger partial charge in [-0.1, -0.05) is 30.3 Å². The number of aliphatic hydroxyl groups is 1. The molecule has 132 valence electrons. The highest BCUT2D eigenvalue weighted by Crippen LogP contribution is 2.36. The maximum absolute atomic E-state index is 14.4. The lowest BCUT2D eigenvalue weighted by atomic mass is 10.1. The van der Waals surface area contributed by atoms with E-state index >= 15 is 0 Å². The number of hydrogen-bond acceptors (Lipinski definition) is 3. The van der Waals surface area contributed by atoms with Gasteiger partial charge in [-0.3, -0.25) is 4.79 Å².